The van der Waals surface area contributed by atoms with Crippen LogP contribution in [0.5, 0.6) is 0 Å². The van der Waals surface area contributed by atoms with Crippen LogP contribution in [0.1, 0.15) is 5.69 Å². The van der Waals surface area contributed by atoms with E-state index >= 15 is 0 Å². The highest BCUT2D eigenvalue weighted by Gasteiger charge is 2.03. The molecule has 1 aromatic rings. The van der Waals surface area contributed by atoms with Gasteiger partial charge in [-0.05, 0) is 5.53 Å². The largest absolute Gasteiger partial charge is 0.330 e. The number of nitrogens with zero attached hydrogens (tertiary/aromatic N) is 5. The van der Waals surface area contributed by atoms with E-state index in [2.05, 4.69) is 10.0 Å². The van der Waals surface area contributed by atoms with Gasteiger partial charge in [-0.25, -0.2) is 4.79 Å². The molecule has 0 amide bonds. The van der Waals surface area contributed by atoms with Crippen molar-refractivity contribution in [2.45, 2.75) is 6.54 Å². The minimum atomic E-state index is -0.430. The standard InChI is InChI=1S/C7H9N5O2/c1-11-5(4-9-10-8)3-6(13)12(2)7(11)14/h3H,4H2,1-2H3. The average Bonchev–Trinajstić information content (AvgIpc) is 2.18. The Morgan fingerprint density at radius 2 is 2.07 bits per heavy atom. The van der Waals surface area contributed by atoms with E-state index in [1.807, 2.05) is 0 Å². The van der Waals surface area contributed by atoms with Crippen molar-refractivity contribution in [3.05, 3.63) is 43.0 Å². The third-order valence-electron chi connectivity index (χ3n) is 1.92. The van der Waals surface area contributed by atoms with Gasteiger partial charge in [0.05, 0.1) is 6.54 Å². The van der Waals surface area contributed by atoms with Crippen LogP contribution in [0.2, 0.25) is 0 Å². The lowest BCUT2D eigenvalue weighted by molar-refractivity contribution is 0.650. The summed E-state index contributed by atoms with van der Waals surface area (Å²) >= 11 is 0. The van der Waals surface area contributed by atoms with Gasteiger partial charge in [0.1, 0.15) is 0 Å². The molecule has 0 spiro atoms. The Labute approximate surface area is 78.8 Å². The maximum absolute atomic E-state index is 11.4. The van der Waals surface area contributed by atoms with Crippen LogP contribution in [0.4, 0.5) is 0 Å². The Morgan fingerprint density at radius 1 is 1.43 bits per heavy atom. The summed E-state index contributed by atoms with van der Waals surface area (Å²) in [6.07, 6.45) is 0. The molecule has 0 aliphatic heterocycles. The minimum absolute atomic E-state index is 0.00167. The van der Waals surface area contributed by atoms with Crippen molar-refractivity contribution in [3.8, 4) is 0 Å². The predicted molar refractivity (Wildman–Crippen MR) is 49.8 cm³/mol. The van der Waals surface area contributed by atoms with Crippen molar-refractivity contribution in [3.63, 3.8) is 0 Å². The van der Waals surface area contributed by atoms with Gasteiger partial charge in [0.25, 0.3) is 5.56 Å². The molecule has 74 valence electrons. The summed E-state index contributed by atoms with van der Waals surface area (Å²) in [7, 11) is 2.91. The molecule has 7 nitrogen and oxygen atoms in total. The van der Waals surface area contributed by atoms with Gasteiger partial charge in [-0.1, -0.05) is 5.11 Å². The SMILES string of the molecule is Cn1c(CN=[N+]=[N-])cc(=O)n(C)c1=O. The van der Waals surface area contributed by atoms with Crippen LogP contribution in [-0.2, 0) is 20.6 Å². The first kappa shape index (κ1) is 10.1. The average molecular weight is 195 g/mol. The molecule has 0 aromatic carbocycles. The zero-order valence-electron chi connectivity index (χ0n) is 7.84. The zero-order chi connectivity index (χ0) is 10.7. The highest BCUT2D eigenvalue weighted by molar-refractivity contribution is 5.01. The summed E-state index contributed by atoms with van der Waals surface area (Å²) < 4.78 is 2.26. The third-order valence-corrected chi connectivity index (χ3v) is 1.92. The van der Waals surface area contributed by atoms with E-state index in [1.165, 1.54) is 24.7 Å². The predicted octanol–water partition coefficient (Wildman–Crippen LogP) is -0.106. The van der Waals surface area contributed by atoms with Gasteiger partial charge in [-0.3, -0.25) is 9.36 Å². The summed E-state index contributed by atoms with van der Waals surface area (Å²) in [6, 6.07) is 1.27. The second-order valence-corrected chi connectivity index (χ2v) is 2.76. The van der Waals surface area contributed by atoms with Crippen LogP contribution in [0.15, 0.2) is 20.8 Å². The lowest BCUT2D eigenvalue weighted by Gasteiger charge is -2.05. The van der Waals surface area contributed by atoms with E-state index in [0.29, 0.717) is 5.69 Å². The molecule has 1 aromatic heterocycles. The summed E-state index contributed by atoms with van der Waals surface area (Å²) in [5.41, 5.74) is 7.66. The molecule has 0 aliphatic rings. The second-order valence-electron chi connectivity index (χ2n) is 2.76. The van der Waals surface area contributed by atoms with Gasteiger partial charge >= 0.3 is 5.69 Å². The van der Waals surface area contributed by atoms with Crippen molar-refractivity contribution in [2.24, 2.45) is 19.2 Å². The van der Waals surface area contributed by atoms with Gasteiger partial charge in [0.2, 0.25) is 0 Å². The molecule has 0 N–H and O–H groups in total. The normalized spacial score (nSPS) is 9.57. The Bertz CT molecular complexity index is 506. The van der Waals surface area contributed by atoms with Crippen molar-refractivity contribution < 1.29 is 0 Å². The number of hydrogen-bond donors (Lipinski definition) is 0. The van der Waals surface area contributed by atoms with E-state index in [-0.39, 0.29) is 6.54 Å². The van der Waals surface area contributed by atoms with Gasteiger partial charge in [0, 0.05) is 30.8 Å². The van der Waals surface area contributed by atoms with Crippen LogP contribution < -0.4 is 11.2 Å². The topological polar surface area (TPSA) is 92.8 Å². The molecule has 0 saturated heterocycles. The number of azide groups is 1. The first-order valence-electron chi connectivity index (χ1n) is 3.84. The second kappa shape index (κ2) is 3.80. The van der Waals surface area contributed by atoms with Crippen molar-refractivity contribution >= 4 is 0 Å². The molecular weight excluding hydrogens is 186 g/mol. The summed E-state index contributed by atoms with van der Waals surface area (Å²) in [4.78, 5) is 25.1. The van der Waals surface area contributed by atoms with Crippen molar-refractivity contribution in [1.29, 1.82) is 0 Å². The number of aromatic nitrogens is 2. The molecule has 1 rings (SSSR count). The first-order chi connectivity index (χ1) is 6.57. The maximum Gasteiger partial charge on any atom is 0.330 e. The minimum Gasteiger partial charge on any atom is -0.300 e. The highest BCUT2D eigenvalue weighted by Crippen LogP contribution is 1.93. The van der Waals surface area contributed by atoms with E-state index < -0.39 is 11.2 Å². The fraction of sp³-hybridized carbons (Fsp3) is 0.429. The summed E-state index contributed by atoms with van der Waals surface area (Å²) in [5, 5.41) is 3.29. The Kier molecular flexibility index (Phi) is 2.73. The van der Waals surface area contributed by atoms with Crippen LogP contribution in [0, 0.1) is 0 Å². The zero-order valence-corrected chi connectivity index (χ0v) is 7.84. The van der Waals surface area contributed by atoms with Crippen LogP contribution >= 0.6 is 0 Å². The molecule has 0 aliphatic carbocycles. The fourth-order valence-corrected chi connectivity index (χ4v) is 1.03. The maximum atomic E-state index is 11.4. The number of hydrogen-bond acceptors (Lipinski definition) is 3. The summed E-state index contributed by atoms with van der Waals surface area (Å²) in [5.74, 6) is 0. The van der Waals surface area contributed by atoms with Crippen molar-refractivity contribution in [1.82, 2.24) is 9.13 Å². The van der Waals surface area contributed by atoms with E-state index in [9.17, 15) is 9.59 Å². The Balaban J connectivity index is 3.40. The first-order valence-corrected chi connectivity index (χ1v) is 3.84. The molecule has 0 bridgehead atoms. The van der Waals surface area contributed by atoms with Gasteiger partial charge in [0.15, 0.2) is 0 Å². The quantitative estimate of drug-likeness (QED) is 0.374. The molecule has 0 fully saturated rings. The van der Waals surface area contributed by atoms with Crippen LogP contribution in [0.25, 0.3) is 10.4 Å². The van der Waals surface area contributed by atoms with Crippen LogP contribution in [-0.4, -0.2) is 9.13 Å². The lowest BCUT2D eigenvalue weighted by Crippen LogP contribution is -2.37. The third kappa shape index (κ3) is 1.67. The molecule has 0 saturated carbocycles. The lowest BCUT2D eigenvalue weighted by atomic mass is 10.4. The van der Waals surface area contributed by atoms with Crippen LogP contribution in [0.3, 0.4) is 0 Å². The van der Waals surface area contributed by atoms with E-state index in [0.717, 1.165) is 4.57 Å². The van der Waals surface area contributed by atoms with Crippen molar-refractivity contribution in [2.75, 3.05) is 0 Å². The molecule has 0 atom stereocenters. The monoisotopic (exact) mass is 195 g/mol. The van der Waals surface area contributed by atoms with Gasteiger partial charge < -0.3 is 4.57 Å². The molecule has 1 heterocycles. The number of rotatable bonds is 2. The Hall–Kier alpha value is -2.01. The molecule has 0 radical (unpaired) electrons. The molecule has 0 unspecified atom stereocenters. The van der Waals surface area contributed by atoms with Gasteiger partial charge in [-0.2, -0.15) is 0 Å². The Morgan fingerprint density at radius 3 is 2.64 bits per heavy atom. The summed E-state index contributed by atoms with van der Waals surface area (Å²) in [6.45, 7) is -0.00167. The highest BCUT2D eigenvalue weighted by atomic mass is 16.2. The van der Waals surface area contributed by atoms with E-state index in [1.54, 1.807) is 0 Å². The fourth-order valence-electron chi connectivity index (χ4n) is 1.03. The molecule has 14 heavy (non-hydrogen) atoms. The molecular formula is C7H9N5O2. The molecule has 7 heteroatoms. The van der Waals surface area contributed by atoms with E-state index in [4.69, 9.17) is 5.53 Å². The smallest absolute Gasteiger partial charge is 0.300 e. The van der Waals surface area contributed by atoms with Gasteiger partial charge in [-0.15, -0.1) is 0 Å².